The lowest BCUT2D eigenvalue weighted by molar-refractivity contribution is -0.119. The van der Waals surface area contributed by atoms with E-state index in [4.69, 9.17) is 5.73 Å². The molecule has 1 fully saturated rings. The summed E-state index contributed by atoms with van der Waals surface area (Å²) in [5, 5.41) is 0. The molecular formula is C17H24N2O3S. The minimum Gasteiger partial charge on any atom is -0.320 e. The van der Waals surface area contributed by atoms with E-state index in [2.05, 4.69) is 6.07 Å². The number of rotatable bonds is 4. The number of anilines is 1. The van der Waals surface area contributed by atoms with Crippen LogP contribution in [0.1, 0.15) is 37.7 Å². The summed E-state index contributed by atoms with van der Waals surface area (Å²) in [6, 6.07) is 7.29. The lowest BCUT2D eigenvalue weighted by atomic mass is 9.81. The second-order valence-corrected chi connectivity index (χ2v) is 9.21. The molecule has 3 rings (SSSR count). The van der Waals surface area contributed by atoms with Gasteiger partial charge in [0.25, 0.3) is 0 Å². The first kappa shape index (κ1) is 16.5. The molecule has 1 saturated carbocycles. The van der Waals surface area contributed by atoms with E-state index in [-0.39, 0.29) is 23.5 Å². The predicted molar refractivity (Wildman–Crippen MR) is 91.2 cm³/mol. The van der Waals surface area contributed by atoms with Gasteiger partial charge in [-0.2, -0.15) is 0 Å². The summed E-state index contributed by atoms with van der Waals surface area (Å²) in [5.74, 6) is -0.217. The Labute approximate surface area is 137 Å². The van der Waals surface area contributed by atoms with Gasteiger partial charge in [0, 0.05) is 23.9 Å². The van der Waals surface area contributed by atoms with Crippen molar-refractivity contribution in [3.8, 4) is 0 Å². The number of amides is 1. The standard InChI is InChI=1S/C17H24N2O3S/c1-23(21,22)11-8-14(18)16(20)19-12-17(9-4-5-10-17)13-6-2-3-7-15(13)19/h2-3,6-7,14H,4-5,8-12,18H2,1H3/t14-/m0/s1. The quantitative estimate of drug-likeness (QED) is 0.906. The van der Waals surface area contributed by atoms with E-state index in [0.717, 1.165) is 18.5 Å². The van der Waals surface area contributed by atoms with Gasteiger partial charge in [0.1, 0.15) is 9.84 Å². The number of carbonyl (C=O) groups is 1. The molecule has 0 radical (unpaired) electrons. The maximum atomic E-state index is 12.8. The van der Waals surface area contributed by atoms with Gasteiger partial charge in [-0.15, -0.1) is 0 Å². The van der Waals surface area contributed by atoms with Crippen molar-refractivity contribution in [1.82, 2.24) is 0 Å². The van der Waals surface area contributed by atoms with Crippen molar-refractivity contribution in [2.45, 2.75) is 43.6 Å². The first-order valence-corrected chi connectivity index (χ1v) is 10.2. The molecule has 1 amide bonds. The van der Waals surface area contributed by atoms with E-state index in [1.807, 2.05) is 18.2 Å². The highest BCUT2D eigenvalue weighted by atomic mass is 32.2. The summed E-state index contributed by atoms with van der Waals surface area (Å²) in [7, 11) is -3.11. The van der Waals surface area contributed by atoms with Crippen molar-refractivity contribution in [2.75, 3.05) is 23.5 Å². The maximum Gasteiger partial charge on any atom is 0.243 e. The number of sulfone groups is 1. The van der Waals surface area contributed by atoms with Crippen LogP contribution in [0.15, 0.2) is 24.3 Å². The van der Waals surface area contributed by atoms with Crippen LogP contribution in [-0.4, -0.2) is 38.9 Å². The number of fused-ring (bicyclic) bond motifs is 2. The third-order valence-electron chi connectivity index (χ3n) is 5.17. The number of nitrogens with zero attached hydrogens (tertiary/aromatic N) is 1. The minimum atomic E-state index is -3.11. The fraction of sp³-hybridized carbons (Fsp3) is 0.588. The summed E-state index contributed by atoms with van der Waals surface area (Å²) < 4.78 is 22.6. The van der Waals surface area contributed by atoms with Gasteiger partial charge in [0.2, 0.25) is 5.91 Å². The van der Waals surface area contributed by atoms with Crippen molar-refractivity contribution < 1.29 is 13.2 Å². The Morgan fingerprint density at radius 1 is 1.30 bits per heavy atom. The van der Waals surface area contributed by atoms with E-state index in [0.29, 0.717) is 6.54 Å². The zero-order valence-corrected chi connectivity index (χ0v) is 14.3. The molecule has 2 aliphatic rings. The van der Waals surface area contributed by atoms with Gasteiger partial charge in [0.05, 0.1) is 11.8 Å². The van der Waals surface area contributed by atoms with Gasteiger partial charge >= 0.3 is 0 Å². The Balaban J connectivity index is 1.82. The minimum absolute atomic E-state index is 0.0550. The number of carbonyl (C=O) groups excluding carboxylic acids is 1. The molecule has 0 aromatic heterocycles. The highest BCUT2D eigenvalue weighted by Crippen LogP contribution is 2.50. The van der Waals surface area contributed by atoms with Crippen LogP contribution < -0.4 is 10.6 Å². The van der Waals surface area contributed by atoms with E-state index in [1.54, 1.807) is 4.90 Å². The first-order valence-electron chi connectivity index (χ1n) is 8.17. The van der Waals surface area contributed by atoms with Crippen molar-refractivity contribution >= 4 is 21.4 Å². The Morgan fingerprint density at radius 2 is 1.96 bits per heavy atom. The van der Waals surface area contributed by atoms with Gasteiger partial charge < -0.3 is 10.6 Å². The number of benzene rings is 1. The van der Waals surface area contributed by atoms with Gasteiger partial charge in [-0.1, -0.05) is 31.0 Å². The molecule has 1 heterocycles. The van der Waals surface area contributed by atoms with Crippen LogP contribution in [0.2, 0.25) is 0 Å². The second kappa shape index (κ2) is 5.91. The Hall–Kier alpha value is -1.40. The van der Waals surface area contributed by atoms with Crippen LogP contribution in [0.4, 0.5) is 5.69 Å². The lowest BCUT2D eigenvalue weighted by Crippen LogP contribution is -2.46. The molecule has 23 heavy (non-hydrogen) atoms. The fourth-order valence-corrected chi connectivity index (χ4v) is 4.65. The zero-order chi connectivity index (χ0) is 16.7. The molecule has 6 heteroatoms. The van der Waals surface area contributed by atoms with Crippen molar-refractivity contribution in [1.29, 1.82) is 0 Å². The molecular weight excluding hydrogens is 312 g/mol. The molecule has 0 bridgehead atoms. The lowest BCUT2D eigenvalue weighted by Gasteiger charge is -2.26. The topological polar surface area (TPSA) is 80.5 Å². The Morgan fingerprint density at radius 3 is 2.61 bits per heavy atom. The summed E-state index contributed by atoms with van der Waals surface area (Å²) in [6.45, 7) is 0.678. The molecule has 1 aromatic rings. The number of nitrogens with two attached hydrogens (primary N) is 1. The average Bonchev–Trinajstić information content (AvgIpc) is 3.10. The monoisotopic (exact) mass is 336 g/mol. The van der Waals surface area contributed by atoms with E-state index in [9.17, 15) is 13.2 Å². The smallest absolute Gasteiger partial charge is 0.243 e. The molecule has 5 nitrogen and oxygen atoms in total. The van der Waals surface area contributed by atoms with Crippen LogP contribution in [0, 0.1) is 0 Å². The van der Waals surface area contributed by atoms with Crippen LogP contribution >= 0.6 is 0 Å². The van der Waals surface area contributed by atoms with Crippen molar-refractivity contribution in [3.05, 3.63) is 29.8 Å². The first-order chi connectivity index (χ1) is 10.8. The number of hydrogen-bond donors (Lipinski definition) is 1. The average molecular weight is 336 g/mol. The second-order valence-electron chi connectivity index (χ2n) is 6.95. The predicted octanol–water partition coefficient (Wildman–Crippen LogP) is 1.61. The van der Waals surface area contributed by atoms with Gasteiger partial charge in [-0.25, -0.2) is 8.42 Å². The van der Waals surface area contributed by atoms with Crippen LogP contribution in [0.25, 0.3) is 0 Å². The molecule has 1 aromatic carbocycles. The normalized spacial score (nSPS) is 20.7. The third-order valence-corrected chi connectivity index (χ3v) is 6.15. The molecule has 126 valence electrons. The van der Waals surface area contributed by atoms with Crippen molar-refractivity contribution in [3.63, 3.8) is 0 Å². The summed E-state index contributed by atoms with van der Waals surface area (Å²) in [6.07, 6.45) is 5.93. The molecule has 1 aliphatic carbocycles. The number of hydrogen-bond acceptors (Lipinski definition) is 4. The molecule has 1 atom stereocenters. The summed E-state index contributed by atoms with van der Waals surface area (Å²) in [5.41, 5.74) is 8.27. The van der Waals surface area contributed by atoms with Crippen LogP contribution in [0.5, 0.6) is 0 Å². The van der Waals surface area contributed by atoms with Crippen molar-refractivity contribution in [2.24, 2.45) is 5.73 Å². The largest absolute Gasteiger partial charge is 0.320 e. The molecule has 1 spiro atoms. The Kier molecular flexibility index (Phi) is 4.23. The maximum absolute atomic E-state index is 12.8. The number of para-hydroxylation sites is 1. The summed E-state index contributed by atoms with van der Waals surface area (Å²) >= 11 is 0. The molecule has 0 saturated heterocycles. The van der Waals surface area contributed by atoms with E-state index < -0.39 is 15.9 Å². The molecule has 2 N–H and O–H groups in total. The SMILES string of the molecule is CS(=O)(=O)CC[C@H](N)C(=O)N1CC2(CCCC2)c2ccccc21. The van der Waals surface area contributed by atoms with E-state index in [1.165, 1.54) is 24.7 Å². The van der Waals surface area contributed by atoms with Gasteiger partial charge in [-0.05, 0) is 30.9 Å². The zero-order valence-electron chi connectivity index (χ0n) is 13.5. The molecule has 1 aliphatic heterocycles. The van der Waals surface area contributed by atoms with Gasteiger partial charge in [-0.3, -0.25) is 4.79 Å². The third kappa shape index (κ3) is 3.15. The Bertz CT molecular complexity index is 708. The fourth-order valence-electron chi connectivity index (χ4n) is 3.97. The highest BCUT2D eigenvalue weighted by Gasteiger charge is 2.46. The van der Waals surface area contributed by atoms with Gasteiger partial charge in [0.15, 0.2) is 0 Å². The van der Waals surface area contributed by atoms with Crippen LogP contribution in [0.3, 0.4) is 0 Å². The highest BCUT2D eigenvalue weighted by molar-refractivity contribution is 7.90. The molecule has 0 unspecified atom stereocenters. The van der Waals surface area contributed by atoms with Crippen LogP contribution in [-0.2, 0) is 20.0 Å². The van der Waals surface area contributed by atoms with E-state index >= 15 is 0 Å². The summed E-state index contributed by atoms with van der Waals surface area (Å²) in [4.78, 5) is 14.6.